The van der Waals surface area contributed by atoms with Gasteiger partial charge in [0.25, 0.3) is 0 Å². The molecule has 0 N–H and O–H groups in total. The van der Waals surface area contributed by atoms with Gasteiger partial charge in [-0.15, -0.1) is 0 Å². The number of hydrogen-bond acceptors (Lipinski definition) is 2. The molecule has 1 fully saturated rings. The molecule has 0 spiro atoms. The van der Waals surface area contributed by atoms with Gasteiger partial charge < -0.3 is 4.74 Å². The zero-order valence-corrected chi connectivity index (χ0v) is 8.33. The van der Waals surface area contributed by atoms with Crippen molar-refractivity contribution in [2.75, 3.05) is 39.5 Å². The molecule has 3 heteroatoms. The minimum absolute atomic E-state index is 0.0948. The van der Waals surface area contributed by atoms with Crippen molar-refractivity contribution in [2.45, 2.75) is 25.7 Å². The van der Waals surface area contributed by atoms with Gasteiger partial charge in [0, 0.05) is 13.1 Å². The molecule has 1 heterocycles. The van der Waals surface area contributed by atoms with E-state index in [-0.39, 0.29) is 6.61 Å². The fraction of sp³-hybridized carbons (Fsp3) is 1.00. The smallest absolute Gasteiger partial charge is 0.0822 e. The zero-order chi connectivity index (χ0) is 9.36. The summed E-state index contributed by atoms with van der Waals surface area (Å²) in [4.78, 5) is 2.45. The van der Waals surface area contributed by atoms with Crippen LogP contribution in [0.5, 0.6) is 0 Å². The number of unbranched alkanes of at least 4 members (excludes halogenated alkanes) is 3. The Labute approximate surface area is 80.7 Å². The minimum atomic E-state index is 0.0948. The predicted molar refractivity (Wildman–Crippen MR) is 51.3 cm³/mol. The molecule has 0 atom stereocenters. The summed E-state index contributed by atoms with van der Waals surface area (Å²) in [5, 5.41) is 10.2. The highest BCUT2D eigenvalue weighted by molar-refractivity contribution is 4.61. The van der Waals surface area contributed by atoms with E-state index in [0.717, 1.165) is 39.1 Å². The predicted octanol–water partition coefficient (Wildman–Crippen LogP) is 1.31. The van der Waals surface area contributed by atoms with Crippen molar-refractivity contribution in [1.82, 2.24) is 4.90 Å². The maximum absolute atomic E-state index is 10.2. The van der Waals surface area contributed by atoms with Crippen molar-refractivity contribution in [2.24, 2.45) is 0 Å². The molecule has 0 aromatic heterocycles. The molecule has 1 aliphatic heterocycles. The summed E-state index contributed by atoms with van der Waals surface area (Å²) in [6.07, 6.45) is 4.40. The van der Waals surface area contributed by atoms with E-state index >= 15 is 0 Å². The number of morpholine rings is 1. The number of hydrogen-bond donors (Lipinski definition) is 0. The minimum Gasteiger partial charge on any atom is -0.379 e. The summed E-state index contributed by atoms with van der Waals surface area (Å²) < 4.78 is 5.26. The van der Waals surface area contributed by atoms with E-state index in [1.807, 2.05) is 0 Å². The fourth-order valence-corrected chi connectivity index (χ4v) is 1.62. The van der Waals surface area contributed by atoms with E-state index < -0.39 is 0 Å². The summed E-state index contributed by atoms with van der Waals surface area (Å²) in [6, 6.07) is 0. The molecule has 0 aliphatic carbocycles. The first-order valence-corrected chi connectivity index (χ1v) is 5.31. The summed E-state index contributed by atoms with van der Waals surface area (Å²) in [5.74, 6) is 0. The van der Waals surface area contributed by atoms with Crippen molar-refractivity contribution in [3.8, 4) is 0 Å². The van der Waals surface area contributed by atoms with Crippen LogP contribution >= 0.6 is 0 Å². The third-order valence-corrected chi connectivity index (χ3v) is 2.47. The molecule has 0 aromatic carbocycles. The lowest BCUT2D eigenvalue weighted by atomic mass is 10.2. The zero-order valence-electron chi connectivity index (χ0n) is 8.33. The van der Waals surface area contributed by atoms with E-state index in [9.17, 15) is 5.11 Å². The molecule has 0 amide bonds. The van der Waals surface area contributed by atoms with E-state index in [4.69, 9.17) is 4.74 Å². The van der Waals surface area contributed by atoms with Crippen molar-refractivity contribution in [3.05, 3.63) is 0 Å². The van der Waals surface area contributed by atoms with Crippen molar-refractivity contribution in [3.63, 3.8) is 0 Å². The standard InChI is InChI=1S/C10H20NO2/c12-8-4-2-1-3-5-11-6-9-13-10-7-11/h1-10H2. The Hall–Kier alpha value is -0.120. The summed E-state index contributed by atoms with van der Waals surface area (Å²) >= 11 is 0. The third kappa shape index (κ3) is 5.24. The van der Waals surface area contributed by atoms with Gasteiger partial charge in [0.2, 0.25) is 0 Å². The molecular formula is C10H20NO2. The summed E-state index contributed by atoms with van der Waals surface area (Å²) in [7, 11) is 0. The first-order chi connectivity index (χ1) is 6.43. The fourth-order valence-electron chi connectivity index (χ4n) is 1.62. The maximum Gasteiger partial charge on any atom is 0.0822 e. The molecule has 1 saturated heterocycles. The molecular weight excluding hydrogens is 166 g/mol. The third-order valence-electron chi connectivity index (χ3n) is 2.47. The molecule has 3 nitrogen and oxygen atoms in total. The number of ether oxygens (including phenoxy) is 1. The van der Waals surface area contributed by atoms with Crippen LogP contribution in [0.4, 0.5) is 0 Å². The number of rotatable bonds is 6. The molecule has 13 heavy (non-hydrogen) atoms. The van der Waals surface area contributed by atoms with Gasteiger partial charge in [-0.25, -0.2) is 5.11 Å². The van der Waals surface area contributed by atoms with Gasteiger partial charge >= 0.3 is 0 Å². The molecule has 1 rings (SSSR count). The van der Waals surface area contributed by atoms with Crippen LogP contribution < -0.4 is 0 Å². The normalized spacial score (nSPS) is 19.2. The topological polar surface area (TPSA) is 32.4 Å². The van der Waals surface area contributed by atoms with E-state index in [1.165, 1.54) is 19.4 Å². The van der Waals surface area contributed by atoms with Gasteiger partial charge in [0.05, 0.1) is 19.8 Å². The van der Waals surface area contributed by atoms with Crippen LogP contribution in [0.25, 0.3) is 0 Å². The second-order valence-electron chi connectivity index (χ2n) is 3.57. The lowest BCUT2D eigenvalue weighted by Crippen LogP contribution is -2.36. The first kappa shape index (κ1) is 11.0. The first-order valence-electron chi connectivity index (χ1n) is 5.31. The van der Waals surface area contributed by atoms with Crippen molar-refractivity contribution in [1.29, 1.82) is 0 Å². The summed E-state index contributed by atoms with van der Waals surface area (Å²) in [6.45, 7) is 5.23. The van der Waals surface area contributed by atoms with E-state index in [1.54, 1.807) is 0 Å². The Morgan fingerprint density at radius 2 is 1.69 bits per heavy atom. The molecule has 0 unspecified atom stereocenters. The van der Waals surface area contributed by atoms with E-state index in [0.29, 0.717) is 0 Å². The van der Waals surface area contributed by atoms with Crippen LogP contribution in [0.15, 0.2) is 0 Å². The Balaban J connectivity index is 1.86. The molecule has 0 aromatic rings. The van der Waals surface area contributed by atoms with Crippen LogP contribution in [-0.2, 0) is 9.84 Å². The molecule has 77 valence electrons. The van der Waals surface area contributed by atoms with Crippen LogP contribution in [-0.4, -0.2) is 44.4 Å². The molecule has 1 radical (unpaired) electrons. The second kappa shape index (κ2) is 7.30. The lowest BCUT2D eigenvalue weighted by molar-refractivity contribution is 0.0370. The highest BCUT2D eigenvalue weighted by atomic mass is 16.5. The Morgan fingerprint density at radius 3 is 2.38 bits per heavy atom. The maximum atomic E-state index is 10.2. The molecule has 0 saturated carbocycles. The summed E-state index contributed by atoms with van der Waals surface area (Å²) in [5.41, 5.74) is 0. The van der Waals surface area contributed by atoms with Gasteiger partial charge in [-0.05, 0) is 19.4 Å². The van der Waals surface area contributed by atoms with Crippen LogP contribution in [0.1, 0.15) is 25.7 Å². The van der Waals surface area contributed by atoms with Crippen LogP contribution in [0, 0.1) is 0 Å². The van der Waals surface area contributed by atoms with Gasteiger partial charge in [-0.2, -0.15) is 0 Å². The van der Waals surface area contributed by atoms with Gasteiger partial charge in [-0.1, -0.05) is 12.8 Å². The molecule has 1 aliphatic rings. The SMILES string of the molecule is [O]CCCCCCN1CCOCC1. The second-order valence-corrected chi connectivity index (χ2v) is 3.57. The van der Waals surface area contributed by atoms with Gasteiger partial charge in [0.1, 0.15) is 0 Å². The van der Waals surface area contributed by atoms with Crippen molar-refractivity contribution < 1.29 is 9.84 Å². The van der Waals surface area contributed by atoms with Crippen molar-refractivity contribution >= 4 is 0 Å². The van der Waals surface area contributed by atoms with Crippen LogP contribution in [0.3, 0.4) is 0 Å². The largest absolute Gasteiger partial charge is 0.379 e. The Bertz CT molecular complexity index is 113. The van der Waals surface area contributed by atoms with Gasteiger partial charge in [-0.3, -0.25) is 4.90 Å². The quantitative estimate of drug-likeness (QED) is 0.586. The highest BCUT2D eigenvalue weighted by Crippen LogP contribution is 2.03. The monoisotopic (exact) mass is 186 g/mol. The molecule has 0 bridgehead atoms. The van der Waals surface area contributed by atoms with Crippen LogP contribution in [0.2, 0.25) is 0 Å². The highest BCUT2D eigenvalue weighted by Gasteiger charge is 2.08. The average Bonchev–Trinajstić information content (AvgIpc) is 2.19. The Morgan fingerprint density at radius 1 is 1.00 bits per heavy atom. The van der Waals surface area contributed by atoms with Gasteiger partial charge in [0.15, 0.2) is 0 Å². The average molecular weight is 186 g/mol. The lowest BCUT2D eigenvalue weighted by Gasteiger charge is -2.26. The Kier molecular flexibility index (Phi) is 6.15. The number of nitrogens with zero attached hydrogens (tertiary/aromatic N) is 1. The van der Waals surface area contributed by atoms with E-state index in [2.05, 4.69) is 4.90 Å².